The van der Waals surface area contributed by atoms with Gasteiger partial charge in [0.2, 0.25) is 0 Å². The van der Waals surface area contributed by atoms with Gasteiger partial charge in [0.25, 0.3) is 5.91 Å². The van der Waals surface area contributed by atoms with E-state index in [1.807, 2.05) is 38.1 Å². The van der Waals surface area contributed by atoms with E-state index in [2.05, 4.69) is 26.1 Å². The zero-order valence-corrected chi connectivity index (χ0v) is 18.9. The summed E-state index contributed by atoms with van der Waals surface area (Å²) in [6.45, 7) is 10.1. The number of hydrogen-bond donors (Lipinski definition) is 1. The highest BCUT2D eigenvalue weighted by Gasteiger charge is 2.27. The standard InChI is InChI=1S/C24H31NO3S/c1-15(2)28-23(27)20-18-9-7-6-8-10-19(18)29-22(20)25-21(26)16-11-13-17(14-12-16)24(3,4)5/h11-15H,6-10H2,1-5H3,(H,25,26). The van der Waals surface area contributed by atoms with Crippen molar-refractivity contribution in [1.29, 1.82) is 0 Å². The molecule has 0 aliphatic heterocycles. The summed E-state index contributed by atoms with van der Waals surface area (Å²) in [4.78, 5) is 26.9. The summed E-state index contributed by atoms with van der Waals surface area (Å²) in [7, 11) is 0. The lowest BCUT2D eigenvalue weighted by molar-refractivity contribution is 0.0378. The predicted octanol–water partition coefficient (Wildman–Crippen LogP) is 6.13. The molecule has 5 heteroatoms. The maximum absolute atomic E-state index is 12.9. The fourth-order valence-corrected chi connectivity index (χ4v) is 4.89. The fourth-order valence-electron chi connectivity index (χ4n) is 3.62. The van der Waals surface area contributed by atoms with Crippen LogP contribution in [0.1, 0.15) is 90.6 Å². The average Bonchev–Trinajstić information content (AvgIpc) is 2.81. The van der Waals surface area contributed by atoms with Crippen molar-refractivity contribution in [2.75, 3.05) is 5.32 Å². The smallest absolute Gasteiger partial charge is 0.341 e. The van der Waals surface area contributed by atoms with Crippen molar-refractivity contribution >= 4 is 28.2 Å². The molecular weight excluding hydrogens is 382 g/mol. The number of fused-ring (bicyclic) bond motifs is 1. The number of esters is 1. The lowest BCUT2D eigenvalue weighted by Gasteiger charge is -2.19. The van der Waals surface area contributed by atoms with E-state index in [1.165, 1.54) is 28.2 Å². The van der Waals surface area contributed by atoms with Crippen LogP contribution < -0.4 is 5.32 Å². The van der Waals surface area contributed by atoms with Crippen LogP contribution >= 0.6 is 11.3 Å². The summed E-state index contributed by atoms with van der Waals surface area (Å²) in [5.74, 6) is -0.529. The average molecular weight is 414 g/mol. The summed E-state index contributed by atoms with van der Waals surface area (Å²) >= 11 is 1.53. The van der Waals surface area contributed by atoms with Crippen LogP contribution in [0.3, 0.4) is 0 Å². The maximum atomic E-state index is 12.9. The van der Waals surface area contributed by atoms with Gasteiger partial charge in [-0.2, -0.15) is 0 Å². The molecule has 0 radical (unpaired) electrons. The number of ether oxygens (including phenoxy) is 1. The Balaban J connectivity index is 1.89. The summed E-state index contributed by atoms with van der Waals surface area (Å²) in [5, 5.41) is 3.61. The molecule has 1 aliphatic carbocycles. The molecule has 0 saturated heterocycles. The number of benzene rings is 1. The van der Waals surface area contributed by atoms with Crippen molar-refractivity contribution in [1.82, 2.24) is 0 Å². The van der Waals surface area contributed by atoms with Gasteiger partial charge < -0.3 is 10.1 Å². The van der Waals surface area contributed by atoms with Gasteiger partial charge in [-0.25, -0.2) is 4.79 Å². The number of carbonyl (C=O) groups excluding carboxylic acids is 2. The Morgan fingerprint density at radius 2 is 1.69 bits per heavy atom. The molecule has 1 aliphatic rings. The van der Waals surface area contributed by atoms with E-state index >= 15 is 0 Å². The first-order valence-electron chi connectivity index (χ1n) is 10.4. The van der Waals surface area contributed by atoms with Crippen LogP contribution in [0, 0.1) is 0 Å². The molecule has 0 fully saturated rings. The van der Waals surface area contributed by atoms with Crippen molar-refractivity contribution in [3.05, 3.63) is 51.4 Å². The molecule has 4 nitrogen and oxygen atoms in total. The van der Waals surface area contributed by atoms with Crippen molar-refractivity contribution in [3.8, 4) is 0 Å². The van der Waals surface area contributed by atoms with Gasteiger partial charge in [-0.1, -0.05) is 39.3 Å². The predicted molar refractivity (Wildman–Crippen MR) is 119 cm³/mol. The van der Waals surface area contributed by atoms with Crippen molar-refractivity contribution in [2.45, 2.75) is 78.2 Å². The minimum Gasteiger partial charge on any atom is -0.459 e. The molecule has 0 atom stereocenters. The van der Waals surface area contributed by atoms with E-state index in [0.29, 0.717) is 16.1 Å². The van der Waals surface area contributed by atoms with E-state index in [4.69, 9.17) is 4.74 Å². The molecule has 1 aromatic carbocycles. The van der Waals surface area contributed by atoms with Crippen LogP contribution in [0.15, 0.2) is 24.3 Å². The summed E-state index contributed by atoms with van der Waals surface area (Å²) in [5.41, 5.74) is 3.42. The van der Waals surface area contributed by atoms with Crippen LogP contribution in [0.25, 0.3) is 0 Å². The molecule has 156 valence electrons. The number of aryl methyl sites for hydroxylation is 1. The zero-order valence-electron chi connectivity index (χ0n) is 18.1. The third-order valence-corrected chi connectivity index (χ3v) is 6.42. The Morgan fingerprint density at radius 3 is 2.31 bits per heavy atom. The van der Waals surface area contributed by atoms with Crippen LogP contribution in [0.2, 0.25) is 0 Å². The fraction of sp³-hybridized carbons (Fsp3) is 0.500. The van der Waals surface area contributed by atoms with Crippen molar-refractivity contribution < 1.29 is 14.3 Å². The minimum absolute atomic E-state index is 0.0358. The van der Waals surface area contributed by atoms with E-state index in [-0.39, 0.29) is 23.4 Å². The van der Waals surface area contributed by atoms with Crippen LogP contribution in [0.5, 0.6) is 0 Å². The normalized spacial score (nSPS) is 14.3. The maximum Gasteiger partial charge on any atom is 0.341 e. The van der Waals surface area contributed by atoms with E-state index in [1.54, 1.807) is 0 Å². The topological polar surface area (TPSA) is 55.4 Å². The second kappa shape index (κ2) is 8.70. The van der Waals surface area contributed by atoms with Gasteiger partial charge in [0.05, 0.1) is 11.7 Å². The third kappa shape index (κ3) is 5.08. The number of anilines is 1. The number of rotatable bonds is 4. The van der Waals surface area contributed by atoms with Gasteiger partial charge >= 0.3 is 5.97 Å². The summed E-state index contributed by atoms with van der Waals surface area (Å²) in [6, 6.07) is 7.68. The highest BCUT2D eigenvalue weighted by Crippen LogP contribution is 2.38. The number of hydrogen-bond acceptors (Lipinski definition) is 4. The first-order chi connectivity index (χ1) is 13.7. The molecular formula is C24H31NO3S. The number of nitrogens with one attached hydrogen (secondary N) is 1. The van der Waals surface area contributed by atoms with E-state index in [9.17, 15) is 9.59 Å². The SMILES string of the molecule is CC(C)OC(=O)c1c(NC(=O)c2ccc(C(C)(C)C)cc2)sc2c1CCCCC2. The Morgan fingerprint density at radius 1 is 1.03 bits per heavy atom. The molecule has 0 bridgehead atoms. The van der Waals surface area contributed by atoms with E-state index in [0.717, 1.165) is 31.2 Å². The molecule has 1 aromatic heterocycles. The number of thiophene rings is 1. The third-order valence-electron chi connectivity index (χ3n) is 5.21. The van der Waals surface area contributed by atoms with E-state index < -0.39 is 0 Å². The van der Waals surface area contributed by atoms with Crippen LogP contribution in [0.4, 0.5) is 5.00 Å². The van der Waals surface area contributed by atoms with Gasteiger partial charge in [0, 0.05) is 10.4 Å². The molecule has 0 unspecified atom stereocenters. The molecule has 1 amide bonds. The largest absolute Gasteiger partial charge is 0.459 e. The monoisotopic (exact) mass is 413 g/mol. The van der Waals surface area contributed by atoms with Gasteiger partial charge in [-0.05, 0) is 68.2 Å². The number of carbonyl (C=O) groups is 2. The van der Waals surface area contributed by atoms with Crippen LogP contribution in [-0.4, -0.2) is 18.0 Å². The summed E-state index contributed by atoms with van der Waals surface area (Å²) in [6.07, 6.45) is 4.98. The highest BCUT2D eigenvalue weighted by molar-refractivity contribution is 7.17. The lowest BCUT2D eigenvalue weighted by Crippen LogP contribution is -2.18. The van der Waals surface area contributed by atoms with Gasteiger partial charge in [-0.3, -0.25) is 4.79 Å². The molecule has 3 rings (SSSR count). The van der Waals surface area contributed by atoms with Gasteiger partial charge in [-0.15, -0.1) is 11.3 Å². The molecule has 0 spiro atoms. The Hall–Kier alpha value is -2.14. The van der Waals surface area contributed by atoms with Crippen molar-refractivity contribution in [3.63, 3.8) is 0 Å². The molecule has 0 saturated carbocycles. The Bertz CT molecular complexity index is 888. The second-order valence-electron chi connectivity index (χ2n) is 9.00. The second-order valence-corrected chi connectivity index (χ2v) is 10.1. The first kappa shape index (κ1) is 21.6. The Kier molecular flexibility index (Phi) is 6.47. The molecule has 1 N–H and O–H groups in total. The molecule has 29 heavy (non-hydrogen) atoms. The van der Waals surface area contributed by atoms with Crippen LogP contribution in [-0.2, 0) is 23.0 Å². The minimum atomic E-state index is -0.335. The Labute approximate surface area is 177 Å². The first-order valence-corrected chi connectivity index (χ1v) is 11.3. The van der Waals surface area contributed by atoms with Crippen molar-refractivity contribution in [2.24, 2.45) is 0 Å². The van der Waals surface area contributed by atoms with Gasteiger partial charge in [0.15, 0.2) is 0 Å². The van der Waals surface area contributed by atoms with Gasteiger partial charge in [0.1, 0.15) is 5.00 Å². The lowest BCUT2D eigenvalue weighted by atomic mass is 9.87. The molecule has 2 aromatic rings. The number of amides is 1. The highest BCUT2D eigenvalue weighted by atomic mass is 32.1. The quantitative estimate of drug-likeness (QED) is 0.484. The summed E-state index contributed by atoms with van der Waals surface area (Å²) < 4.78 is 5.50. The zero-order chi connectivity index (χ0) is 21.2. The molecule has 1 heterocycles.